The van der Waals surface area contributed by atoms with Crippen LogP contribution in [0.25, 0.3) is 0 Å². The van der Waals surface area contributed by atoms with Gasteiger partial charge < -0.3 is 10.1 Å². The van der Waals surface area contributed by atoms with Crippen LogP contribution in [0, 0.1) is 16.4 Å². The molecule has 1 atom stereocenters. The van der Waals surface area contributed by atoms with Crippen molar-refractivity contribution in [1.29, 1.82) is 4.78 Å². The minimum Gasteiger partial charge on any atom is -0.488 e. The highest BCUT2D eigenvalue weighted by atomic mass is 32.2. The highest BCUT2D eigenvalue weighted by Crippen LogP contribution is 2.23. The molecule has 3 aromatic carbocycles. The largest absolute Gasteiger partial charge is 0.488 e. The van der Waals surface area contributed by atoms with E-state index in [1.54, 1.807) is 36.4 Å². The third kappa shape index (κ3) is 7.82. The van der Waals surface area contributed by atoms with Crippen molar-refractivity contribution in [2.45, 2.75) is 12.4 Å². The number of nitrogens with zero attached hydrogens (tertiary/aromatic N) is 3. The molecule has 3 aromatic rings. The topological polar surface area (TPSA) is 99.3 Å². The van der Waals surface area contributed by atoms with Crippen molar-refractivity contribution in [3.8, 4) is 5.75 Å². The van der Waals surface area contributed by atoms with Gasteiger partial charge in [-0.15, -0.1) is 0 Å². The van der Waals surface area contributed by atoms with Crippen molar-refractivity contribution < 1.29 is 17.7 Å². The SMILES string of the molecule is C=N/C(=N\C(=N/C)Nc1cccc(CS(C)(=N)=O)c1)c1ccc(F)cc1OCc1cccc(F)c1. The Morgan fingerprint density at radius 2 is 1.77 bits per heavy atom. The first-order chi connectivity index (χ1) is 16.7. The van der Waals surface area contributed by atoms with E-state index in [1.807, 2.05) is 0 Å². The van der Waals surface area contributed by atoms with Crippen molar-refractivity contribution >= 4 is 33.9 Å². The molecule has 182 valence electrons. The number of halogens is 2. The normalized spacial score (nSPS) is 13.7. The molecule has 0 saturated carbocycles. The predicted octanol–water partition coefficient (Wildman–Crippen LogP) is 5.27. The van der Waals surface area contributed by atoms with Crippen LogP contribution in [-0.4, -0.2) is 36.0 Å². The molecular formula is C25H25F2N5O2S. The lowest BCUT2D eigenvalue weighted by Gasteiger charge is -2.13. The van der Waals surface area contributed by atoms with E-state index in [4.69, 9.17) is 9.52 Å². The number of ether oxygens (including phenoxy) is 1. The maximum atomic E-state index is 14.0. The molecule has 0 aliphatic rings. The Kier molecular flexibility index (Phi) is 8.43. The van der Waals surface area contributed by atoms with E-state index in [0.29, 0.717) is 16.8 Å². The molecule has 7 nitrogen and oxygen atoms in total. The number of amidine groups is 1. The van der Waals surface area contributed by atoms with Gasteiger partial charge in [0.05, 0.1) is 11.3 Å². The van der Waals surface area contributed by atoms with Crippen molar-refractivity contribution in [2.24, 2.45) is 15.0 Å². The second kappa shape index (κ2) is 11.5. The summed E-state index contributed by atoms with van der Waals surface area (Å²) in [5.41, 5.74) is 2.30. The van der Waals surface area contributed by atoms with Gasteiger partial charge >= 0.3 is 0 Å². The Morgan fingerprint density at radius 1 is 1.06 bits per heavy atom. The molecule has 0 aliphatic heterocycles. The molecule has 0 spiro atoms. The zero-order valence-corrected chi connectivity index (χ0v) is 20.1. The molecule has 0 radical (unpaired) electrons. The lowest BCUT2D eigenvalue weighted by Crippen LogP contribution is -2.13. The Morgan fingerprint density at radius 3 is 2.46 bits per heavy atom. The van der Waals surface area contributed by atoms with Crippen molar-refractivity contribution in [3.05, 3.63) is 95.1 Å². The van der Waals surface area contributed by atoms with Gasteiger partial charge in [-0.25, -0.2) is 18.0 Å². The van der Waals surface area contributed by atoms with E-state index in [-0.39, 0.29) is 29.9 Å². The minimum absolute atomic E-state index is 0.00895. The van der Waals surface area contributed by atoms with Crippen molar-refractivity contribution in [2.75, 3.05) is 18.6 Å². The summed E-state index contributed by atoms with van der Waals surface area (Å²) in [4.78, 5) is 12.5. The molecule has 0 saturated heterocycles. The average Bonchev–Trinajstić information content (AvgIpc) is 2.80. The highest BCUT2D eigenvalue weighted by Gasteiger charge is 2.13. The van der Waals surface area contributed by atoms with Crippen molar-refractivity contribution in [3.63, 3.8) is 0 Å². The molecule has 0 heterocycles. The van der Waals surface area contributed by atoms with Crippen LogP contribution >= 0.6 is 0 Å². The molecule has 0 aromatic heterocycles. The van der Waals surface area contributed by atoms with Crippen molar-refractivity contribution in [1.82, 2.24) is 0 Å². The summed E-state index contributed by atoms with van der Waals surface area (Å²) in [6, 6.07) is 16.9. The zero-order valence-electron chi connectivity index (χ0n) is 19.3. The smallest absolute Gasteiger partial charge is 0.224 e. The number of benzene rings is 3. The first kappa shape index (κ1) is 25.7. The van der Waals surface area contributed by atoms with Gasteiger partial charge in [0.15, 0.2) is 5.84 Å². The van der Waals surface area contributed by atoms with Crippen LogP contribution in [0.2, 0.25) is 0 Å². The third-order valence-electron chi connectivity index (χ3n) is 4.67. The summed E-state index contributed by atoms with van der Waals surface area (Å²) in [5, 5.41) is 3.05. The Balaban J connectivity index is 1.86. The average molecular weight is 498 g/mol. The van der Waals surface area contributed by atoms with E-state index >= 15 is 0 Å². The summed E-state index contributed by atoms with van der Waals surface area (Å²) in [5.74, 6) is -0.327. The summed E-state index contributed by atoms with van der Waals surface area (Å²) < 4.78 is 52.7. The van der Waals surface area contributed by atoms with Crippen LogP contribution < -0.4 is 10.1 Å². The van der Waals surface area contributed by atoms with Gasteiger partial charge in [0.2, 0.25) is 5.96 Å². The van der Waals surface area contributed by atoms with E-state index in [0.717, 1.165) is 5.56 Å². The van der Waals surface area contributed by atoms with E-state index in [2.05, 4.69) is 27.0 Å². The fourth-order valence-electron chi connectivity index (χ4n) is 3.19. The predicted molar refractivity (Wildman–Crippen MR) is 137 cm³/mol. The lowest BCUT2D eigenvalue weighted by atomic mass is 10.1. The second-order valence-corrected chi connectivity index (χ2v) is 9.97. The third-order valence-corrected chi connectivity index (χ3v) is 5.55. The number of aliphatic imine (C=N–C) groups is 3. The van der Waals surface area contributed by atoms with Gasteiger partial charge in [-0.2, -0.15) is 4.99 Å². The van der Waals surface area contributed by atoms with Crippen LogP contribution in [0.1, 0.15) is 16.7 Å². The Hall–Kier alpha value is -3.92. The van der Waals surface area contributed by atoms with E-state index in [9.17, 15) is 13.0 Å². The van der Waals surface area contributed by atoms with Crippen LogP contribution in [0.3, 0.4) is 0 Å². The number of hydrogen-bond donors (Lipinski definition) is 2. The molecule has 2 N–H and O–H groups in total. The maximum absolute atomic E-state index is 14.0. The fraction of sp³-hybridized carbons (Fsp3) is 0.160. The number of rotatable bonds is 7. The van der Waals surface area contributed by atoms with Crippen LogP contribution in [0.4, 0.5) is 14.5 Å². The number of hydrogen-bond acceptors (Lipinski definition) is 4. The van der Waals surface area contributed by atoms with Gasteiger partial charge in [-0.05, 0) is 54.2 Å². The zero-order chi connectivity index (χ0) is 25.4. The van der Waals surface area contributed by atoms with Crippen LogP contribution in [0.5, 0.6) is 5.75 Å². The quantitative estimate of drug-likeness (QED) is 0.344. The maximum Gasteiger partial charge on any atom is 0.224 e. The number of nitrogens with one attached hydrogen (secondary N) is 2. The fourth-order valence-corrected chi connectivity index (χ4v) is 4.00. The summed E-state index contributed by atoms with van der Waals surface area (Å²) >= 11 is 0. The molecule has 0 aliphatic carbocycles. The van der Waals surface area contributed by atoms with Gasteiger partial charge in [-0.1, -0.05) is 24.3 Å². The van der Waals surface area contributed by atoms with Crippen LogP contribution in [-0.2, 0) is 22.1 Å². The molecule has 10 heteroatoms. The lowest BCUT2D eigenvalue weighted by molar-refractivity contribution is 0.303. The molecule has 35 heavy (non-hydrogen) atoms. The Labute approximate surface area is 203 Å². The standard InChI is InChI=1S/C25H25F2N5O2S/c1-29-24(32-25(30-2)31-21-9-5-7-18(13-21)16-35(3,28)33)22-11-10-20(27)14-23(22)34-15-17-6-4-8-19(26)12-17/h4-14,28H,1,15-16H2,2-3H3,(H,30,31)/b32-24-. The van der Waals surface area contributed by atoms with Gasteiger partial charge in [0, 0.05) is 34.8 Å². The molecule has 0 bridgehead atoms. The summed E-state index contributed by atoms with van der Waals surface area (Å²) in [7, 11) is -1.16. The number of anilines is 1. The molecule has 0 amide bonds. The monoisotopic (exact) mass is 497 g/mol. The first-order valence-corrected chi connectivity index (χ1v) is 12.6. The van der Waals surface area contributed by atoms with E-state index in [1.165, 1.54) is 43.6 Å². The summed E-state index contributed by atoms with van der Waals surface area (Å²) in [6.45, 7) is 3.57. The van der Waals surface area contributed by atoms with Crippen LogP contribution in [0.15, 0.2) is 81.7 Å². The highest BCUT2D eigenvalue weighted by molar-refractivity contribution is 7.90. The minimum atomic E-state index is -2.70. The van der Waals surface area contributed by atoms with Gasteiger partial charge in [0.25, 0.3) is 0 Å². The van der Waals surface area contributed by atoms with Gasteiger partial charge in [-0.3, -0.25) is 9.77 Å². The molecule has 0 fully saturated rings. The second-order valence-electron chi connectivity index (χ2n) is 7.67. The first-order valence-electron chi connectivity index (χ1n) is 10.4. The molecular weight excluding hydrogens is 472 g/mol. The molecule has 1 unspecified atom stereocenters. The summed E-state index contributed by atoms with van der Waals surface area (Å²) in [6.07, 6.45) is 1.38. The number of guanidine groups is 1. The van der Waals surface area contributed by atoms with E-state index < -0.39 is 21.4 Å². The van der Waals surface area contributed by atoms with Gasteiger partial charge in [0.1, 0.15) is 24.0 Å². The Bertz CT molecular complexity index is 1390. The molecule has 3 rings (SSSR count).